The molecule has 0 aromatic carbocycles. The number of rotatable bonds is 4. The van der Waals surface area contributed by atoms with Gasteiger partial charge in [-0.1, -0.05) is 0 Å². The third-order valence-corrected chi connectivity index (χ3v) is 6.91. The van der Waals surface area contributed by atoms with Gasteiger partial charge in [-0.3, -0.25) is 14.7 Å². The molecule has 0 N–H and O–H groups in total. The lowest BCUT2D eigenvalue weighted by atomic mass is 10.0. The molecule has 0 unspecified atom stereocenters. The molecule has 0 saturated carbocycles. The van der Waals surface area contributed by atoms with Crippen LogP contribution in [0.2, 0.25) is 0 Å². The molecule has 2 fully saturated rings. The van der Waals surface area contributed by atoms with Crippen molar-refractivity contribution in [3.63, 3.8) is 0 Å². The molecule has 2 aromatic heterocycles. The Hall–Kier alpha value is -2.25. The van der Waals surface area contributed by atoms with Crippen molar-refractivity contribution in [3.05, 3.63) is 41.5 Å². The summed E-state index contributed by atoms with van der Waals surface area (Å²) < 4.78 is 1.95. The van der Waals surface area contributed by atoms with Gasteiger partial charge >= 0.3 is 0 Å². The number of hydrogen-bond acceptors (Lipinski definition) is 5. The standard InChI is InChI=1S/C23H32N6O/c1-18-14-21(4-8-24-18)29-16-19-15-26(11-7-22(19)25-29)17-23(30)28-12-5-20(6-13-28)27-9-2-3-10-27/h4,8,14,16,20H,2-3,5-7,9-13,15,17H2,1H3. The molecule has 30 heavy (non-hydrogen) atoms. The van der Waals surface area contributed by atoms with E-state index in [0.29, 0.717) is 12.6 Å². The van der Waals surface area contributed by atoms with Gasteiger partial charge in [0.15, 0.2) is 0 Å². The molecule has 5 rings (SSSR count). The van der Waals surface area contributed by atoms with Gasteiger partial charge in [0.05, 0.1) is 17.9 Å². The Balaban J connectivity index is 1.16. The molecular formula is C23H32N6O. The third kappa shape index (κ3) is 4.14. The van der Waals surface area contributed by atoms with Crippen molar-refractivity contribution in [2.24, 2.45) is 0 Å². The lowest BCUT2D eigenvalue weighted by Crippen LogP contribution is -2.49. The molecule has 0 radical (unpaired) electrons. The van der Waals surface area contributed by atoms with Gasteiger partial charge < -0.3 is 9.80 Å². The highest BCUT2D eigenvalue weighted by molar-refractivity contribution is 5.78. The molecule has 0 aliphatic carbocycles. The Labute approximate surface area is 178 Å². The van der Waals surface area contributed by atoms with Crippen LogP contribution >= 0.6 is 0 Å². The molecule has 3 aliphatic rings. The van der Waals surface area contributed by atoms with Crippen LogP contribution in [-0.2, 0) is 17.8 Å². The number of piperidine rings is 1. The fraction of sp³-hybridized carbons (Fsp3) is 0.609. The van der Waals surface area contributed by atoms with Crippen molar-refractivity contribution >= 4 is 5.91 Å². The Morgan fingerprint density at radius 1 is 1.13 bits per heavy atom. The van der Waals surface area contributed by atoms with Crippen LogP contribution in [0.25, 0.3) is 5.69 Å². The van der Waals surface area contributed by atoms with E-state index < -0.39 is 0 Å². The van der Waals surface area contributed by atoms with E-state index in [1.165, 1.54) is 31.5 Å². The quantitative estimate of drug-likeness (QED) is 0.775. The van der Waals surface area contributed by atoms with Crippen LogP contribution in [0.5, 0.6) is 0 Å². The molecule has 3 aliphatic heterocycles. The highest BCUT2D eigenvalue weighted by atomic mass is 16.2. The number of aryl methyl sites for hydroxylation is 1. The predicted molar refractivity (Wildman–Crippen MR) is 115 cm³/mol. The summed E-state index contributed by atoms with van der Waals surface area (Å²) in [6.07, 6.45) is 9.78. The van der Waals surface area contributed by atoms with Crippen molar-refractivity contribution in [2.45, 2.75) is 51.6 Å². The fourth-order valence-electron chi connectivity index (χ4n) is 5.19. The van der Waals surface area contributed by atoms with E-state index in [4.69, 9.17) is 5.10 Å². The number of likely N-dealkylation sites (tertiary alicyclic amines) is 2. The minimum Gasteiger partial charge on any atom is -0.341 e. The average molecular weight is 409 g/mol. The molecule has 0 bridgehead atoms. The SMILES string of the molecule is Cc1cc(-n2cc3c(n2)CCN(CC(=O)N2CCC(N4CCCC4)CC2)C3)ccn1. The van der Waals surface area contributed by atoms with E-state index in [0.717, 1.165) is 62.5 Å². The summed E-state index contributed by atoms with van der Waals surface area (Å²) in [6, 6.07) is 4.72. The van der Waals surface area contributed by atoms with Crippen molar-refractivity contribution < 1.29 is 4.79 Å². The molecule has 2 aromatic rings. The predicted octanol–water partition coefficient (Wildman–Crippen LogP) is 2.02. The largest absolute Gasteiger partial charge is 0.341 e. The minimum atomic E-state index is 0.287. The smallest absolute Gasteiger partial charge is 0.236 e. The van der Waals surface area contributed by atoms with Crippen molar-refractivity contribution in [1.29, 1.82) is 0 Å². The van der Waals surface area contributed by atoms with E-state index in [9.17, 15) is 4.79 Å². The maximum Gasteiger partial charge on any atom is 0.236 e. The molecule has 0 atom stereocenters. The highest BCUT2D eigenvalue weighted by Crippen LogP contribution is 2.23. The van der Waals surface area contributed by atoms with Crippen LogP contribution in [0.1, 0.15) is 42.6 Å². The van der Waals surface area contributed by atoms with E-state index in [1.54, 1.807) is 0 Å². The topological polar surface area (TPSA) is 57.5 Å². The van der Waals surface area contributed by atoms with Crippen molar-refractivity contribution in [2.75, 3.05) is 39.3 Å². The van der Waals surface area contributed by atoms with Crippen LogP contribution in [-0.4, -0.2) is 80.7 Å². The third-order valence-electron chi connectivity index (χ3n) is 6.91. The monoisotopic (exact) mass is 408 g/mol. The van der Waals surface area contributed by atoms with Gasteiger partial charge in [-0.15, -0.1) is 0 Å². The fourth-order valence-corrected chi connectivity index (χ4v) is 5.19. The van der Waals surface area contributed by atoms with Gasteiger partial charge in [0, 0.05) is 62.3 Å². The molecule has 0 spiro atoms. The summed E-state index contributed by atoms with van der Waals surface area (Å²) >= 11 is 0. The molecule has 160 valence electrons. The number of nitrogens with zero attached hydrogens (tertiary/aromatic N) is 6. The van der Waals surface area contributed by atoms with Crippen molar-refractivity contribution in [3.8, 4) is 5.69 Å². The first-order valence-corrected chi connectivity index (χ1v) is 11.4. The highest BCUT2D eigenvalue weighted by Gasteiger charge is 2.29. The van der Waals surface area contributed by atoms with Gasteiger partial charge in [-0.25, -0.2) is 4.68 Å². The average Bonchev–Trinajstić information content (AvgIpc) is 3.44. The molecule has 7 nitrogen and oxygen atoms in total. The Kier molecular flexibility index (Phi) is 5.56. The molecule has 5 heterocycles. The van der Waals surface area contributed by atoms with Crippen molar-refractivity contribution in [1.82, 2.24) is 29.5 Å². The first kappa shape index (κ1) is 19.7. The lowest BCUT2D eigenvalue weighted by molar-refractivity contribution is -0.134. The maximum absolute atomic E-state index is 12.9. The van der Waals surface area contributed by atoms with Gasteiger partial charge in [0.2, 0.25) is 5.91 Å². The van der Waals surface area contributed by atoms with Crippen LogP contribution in [0, 0.1) is 6.92 Å². The van der Waals surface area contributed by atoms with E-state index in [2.05, 4.69) is 25.9 Å². The van der Waals surface area contributed by atoms with Gasteiger partial charge in [-0.2, -0.15) is 5.10 Å². The molecule has 7 heteroatoms. The molecular weight excluding hydrogens is 376 g/mol. The normalized spacial score (nSPS) is 21.2. The first-order chi connectivity index (χ1) is 14.7. The summed E-state index contributed by atoms with van der Waals surface area (Å²) in [5.74, 6) is 0.287. The Morgan fingerprint density at radius 3 is 2.70 bits per heavy atom. The molecule has 2 saturated heterocycles. The number of pyridine rings is 1. The van der Waals surface area contributed by atoms with Gasteiger partial charge in [0.1, 0.15) is 0 Å². The summed E-state index contributed by atoms with van der Waals surface area (Å²) in [5.41, 5.74) is 4.41. The lowest BCUT2D eigenvalue weighted by Gasteiger charge is -2.37. The summed E-state index contributed by atoms with van der Waals surface area (Å²) in [5, 5.41) is 4.77. The summed E-state index contributed by atoms with van der Waals surface area (Å²) in [4.78, 5) is 24.2. The maximum atomic E-state index is 12.9. The number of fused-ring (bicyclic) bond motifs is 1. The number of aromatic nitrogens is 3. The van der Waals surface area contributed by atoms with Gasteiger partial charge in [0.25, 0.3) is 0 Å². The zero-order valence-electron chi connectivity index (χ0n) is 18.0. The van der Waals surface area contributed by atoms with Gasteiger partial charge in [-0.05, 0) is 57.8 Å². The first-order valence-electron chi connectivity index (χ1n) is 11.4. The Bertz CT molecular complexity index is 895. The Morgan fingerprint density at radius 2 is 1.93 bits per heavy atom. The second-order valence-electron chi connectivity index (χ2n) is 9.02. The van der Waals surface area contributed by atoms with Crippen LogP contribution in [0.15, 0.2) is 24.5 Å². The van der Waals surface area contributed by atoms with E-state index >= 15 is 0 Å². The number of amides is 1. The van der Waals surface area contributed by atoms with E-state index in [-0.39, 0.29) is 5.91 Å². The second kappa shape index (κ2) is 8.47. The number of hydrogen-bond donors (Lipinski definition) is 0. The van der Waals surface area contributed by atoms with Crippen LogP contribution in [0.4, 0.5) is 0 Å². The molecule has 1 amide bonds. The zero-order chi connectivity index (χ0) is 20.5. The summed E-state index contributed by atoms with van der Waals surface area (Å²) in [7, 11) is 0. The van der Waals surface area contributed by atoms with Crippen LogP contribution < -0.4 is 0 Å². The number of carbonyl (C=O) groups is 1. The van der Waals surface area contributed by atoms with E-state index in [1.807, 2.05) is 29.9 Å². The second-order valence-corrected chi connectivity index (χ2v) is 9.02. The summed E-state index contributed by atoms with van der Waals surface area (Å²) in [6.45, 7) is 8.55. The zero-order valence-corrected chi connectivity index (χ0v) is 18.0. The number of carbonyl (C=O) groups excluding carboxylic acids is 1. The minimum absolute atomic E-state index is 0.287. The van der Waals surface area contributed by atoms with Crippen LogP contribution in [0.3, 0.4) is 0 Å².